The lowest BCUT2D eigenvalue weighted by Gasteiger charge is -2.24. The minimum absolute atomic E-state index is 0.139. The van der Waals surface area contributed by atoms with Crippen molar-refractivity contribution in [2.45, 2.75) is 18.2 Å². The third-order valence-corrected chi connectivity index (χ3v) is 5.93. The van der Waals surface area contributed by atoms with Gasteiger partial charge in [-0.25, -0.2) is 18.9 Å². The molecule has 0 radical (unpaired) electrons. The molecule has 5 N–H and O–H groups in total. The third kappa shape index (κ3) is 3.86. The van der Waals surface area contributed by atoms with Crippen molar-refractivity contribution in [1.29, 1.82) is 0 Å². The van der Waals surface area contributed by atoms with E-state index in [4.69, 9.17) is 11.7 Å². The minimum atomic E-state index is -3.75. The molecule has 3 aromatic rings. The van der Waals surface area contributed by atoms with Crippen molar-refractivity contribution in [3.63, 3.8) is 0 Å². The number of nitrogens with one attached hydrogen (secondary N) is 1. The molecule has 3 rings (SSSR count). The summed E-state index contributed by atoms with van der Waals surface area (Å²) < 4.78 is 28.9. The topological polar surface area (TPSA) is 132 Å². The quantitative estimate of drug-likeness (QED) is 0.407. The Balaban J connectivity index is 1.95. The highest BCUT2D eigenvalue weighted by Crippen LogP contribution is 2.24. The SMILES string of the molecule is Cc1ccc(N(CCc2nnc(NN)n2N)S(=O)(=O)c2ccccc2)cc1. The molecule has 9 nitrogen and oxygen atoms in total. The van der Waals surface area contributed by atoms with E-state index in [0.717, 1.165) is 5.56 Å². The minimum Gasteiger partial charge on any atom is -0.335 e. The van der Waals surface area contributed by atoms with E-state index in [1.165, 1.54) is 8.98 Å². The van der Waals surface area contributed by atoms with E-state index < -0.39 is 10.0 Å². The maximum Gasteiger partial charge on any atom is 0.264 e. The average molecular weight is 387 g/mol. The van der Waals surface area contributed by atoms with Crippen LogP contribution in [0.5, 0.6) is 0 Å². The Kier molecular flexibility index (Phi) is 5.28. The summed E-state index contributed by atoms with van der Waals surface area (Å²) in [6.07, 6.45) is 0.255. The lowest BCUT2D eigenvalue weighted by molar-refractivity contribution is 0.590. The van der Waals surface area contributed by atoms with Crippen LogP contribution in [-0.2, 0) is 16.4 Å². The highest BCUT2D eigenvalue weighted by molar-refractivity contribution is 7.92. The first-order valence-corrected chi connectivity index (χ1v) is 9.68. The van der Waals surface area contributed by atoms with Gasteiger partial charge in [-0.15, -0.1) is 10.2 Å². The summed E-state index contributed by atoms with van der Waals surface area (Å²) in [4.78, 5) is 0.212. The average Bonchev–Trinajstić information content (AvgIpc) is 3.03. The summed E-state index contributed by atoms with van der Waals surface area (Å²) in [5.74, 6) is 11.8. The highest BCUT2D eigenvalue weighted by atomic mass is 32.2. The first-order chi connectivity index (χ1) is 12.9. The van der Waals surface area contributed by atoms with Gasteiger partial charge >= 0.3 is 0 Å². The van der Waals surface area contributed by atoms with Crippen LogP contribution in [0, 0.1) is 6.92 Å². The van der Waals surface area contributed by atoms with E-state index in [9.17, 15) is 8.42 Å². The molecule has 0 saturated heterocycles. The molecule has 0 atom stereocenters. The van der Waals surface area contributed by atoms with Gasteiger partial charge in [-0.2, -0.15) is 0 Å². The first-order valence-electron chi connectivity index (χ1n) is 8.24. The van der Waals surface area contributed by atoms with Crippen LogP contribution in [-0.4, -0.2) is 29.8 Å². The van der Waals surface area contributed by atoms with E-state index in [1.54, 1.807) is 42.5 Å². The van der Waals surface area contributed by atoms with Gasteiger partial charge in [-0.05, 0) is 31.2 Å². The predicted molar refractivity (Wildman–Crippen MR) is 104 cm³/mol. The molecule has 27 heavy (non-hydrogen) atoms. The van der Waals surface area contributed by atoms with E-state index in [1.807, 2.05) is 19.1 Å². The number of hydrogen-bond acceptors (Lipinski definition) is 7. The second-order valence-electron chi connectivity index (χ2n) is 5.93. The van der Waals surface area contributed by atoms with Crippen LogP contribution in [0.1, 0.15) is 11.4 Å². The molecule has 1 heterocycles. The zero-order valence-electron chi connectivity index (χ0n) is 14.8. The summed E-state index contributed by atoms with van der Waals surface area (Å²) in [5.41, 5.74) is 3.93. The molecule has 0 spiro atoms. The summed E-state index contributed by atoms with van der Waals surface area (Å²) >= 11 is 0. The fourth-order valence-electron chi connectivity index (χ4n) is 2.61. The van der Waals surface area contributed by atoms with Gasteiger partial charge in [0.15, 0.2) is 5.82 Å². The summed E-state index contributed by atoms with van der Waals surface area (Å²) in [5, 5.41) is 7.75. The van der Waals surface area contributed by atoms with Gasteiger partial charge in [0.25, 0.3) is 16.0 Å². The number of anilines is 2. The number of rotatable bonds is 7. The standard InChI is InChI=1S/C17H21N7O2S/c1-13-7-9-14(10-8-13)23(27(25,26)15-5-3-2-4-6-15)12-11-16-21-22-17(20-18)24(16)19/h2-10H,11-12,18-19H2,1H3,(H,20,22). The van der Waals surface area contributed by atoms with Gasteiger partial charge in [0, 0.05) is 13.0 Å². The molecule has 0 aliphatic heterocycles. The first kappa shape index (κ1) is 18.7. The number of nitrogens with zero attached hydrogens (tertiary/aromatic N) is 4. The van der Waals surface area contributed by atoms with E-state index in [0.29, 0.717) is 11.5 Å². The number of aryl methyl sites for hydroxylation is 1. The third-order valence-electron chi connectivity index (χ3n) is 4.09. The molecule has 0 aliphatic carbocycles. The summed E-state index contributed by atoms with van der Waals surface area (Å²) in [7, 11) is -3.75. The van der Waals surface area contributed by atoms with Gasteiger partial charge in [0.2, 0.25) is 0 Å². The maximum atomic E-state index is 13.2. The number of hydrogen-bond donors (Lipinski definition) is 3. The Hall–Kier alpha value is -3.11. The van der Waals surface area contributed by atoms with Crippen LogP contribution < -0.4 is 21.4 Å². The Morgan fingerprint density at radius 1 is 1.07 bits per heavy atom. The lowest BCUT2D eigenvalue weighted by atomic mass is 10.2. The lowest BCUT2D eigenvalue weighted by Crippen LogP contribution is -2.34. The number of nitrogens with two attached hydrogens (primary N) is 2. The van der Waals surface area contributed by atoms with Crippen molar-refractivity contribution in [3.8, 4) is 0 Å². The molecule has 0 amide bonds. The number of nitrogen functional groups attached to an aromatic ring is 2. The zero-order chi connectivity index (χ0) is 19.4. The predicted octanol–water partition coefficient (Wildman–Crippen LogP) is 1.02. The van der Waals surface area contributed by atoms with Crippen molar-refractivity contribution in [2.24, 2.45) is 5.84 Å². The maximum absolute atomic E-state index is 13.2. The van der Waals surface area contributed by atoms with Gasteiger partial charge in [-0.1, -0.05) is 35.9 Å². The molecule has 0 saturated carbocycles. The van der Waals surface area contributed by atoms with Crippen LogP contribution in [0.25, 0.3) is 0 Å². The molecule has 0 unspecified atom stereocenters. The molecule has 0 fully saturated rings. The van der Waals surface area contributed by atoms with Gasteiger partial charge in [0.1, 0.15) is 0 Å². The molecule has 0 bridgehead atoms. The number of benzene rings is 2. The van der Waals surface area contributed by atoms with E-state index in [-0.39, 0.29) is 23.8 Å². The Morgan fingerprint density at radius 2 is 1.74 bits per heavy atom. The van der Waals surface area contributed by atoms with Crippen molar-refractivity contribution < 1.29 is 8.42 Å². The molecule has 2 aromatic carbocycles. The number of sulfonamides is 1. The number of aromatic nitrogens is 3. The second kappa shape index (κ2) is 7.64. The largest absolute Gasteiger partial charge is 0.335 e. The van der Waals surface area contributed by atoms with Crippen LogP contribution >= 0.6 is 0 Å². The molecule has 10 heteroatoms. The molecular formula is C17H21N7O2S. The smallest absolute Gasteiger partial charge is 0.264 e. The van der Waals surface area contributed by atoms with Crippen LogP contribution in [0.3, 0.4) is 0 Å². The summed E-state index contributed by atoms with van der Waals surface area (Å²) in [6.45, 7) is 2.08. The molecule has 0 aliphatic rings. The molecule has 1 aromatic heterocycles. The van der Waals surface area contributed by atoms with Crippen molar-refractivity contribution >= 4 is 21.7 Å². The fraction of sp³-hybridized carbons (Fsp3) is 0.176. The zero-order valence-corrected chi connectivity index (χ0v) is 15.6. The highest BCUT2D eigenvalue weighted by Gasteiger charge is 2.25. The van der Waals surface area contributed by atoms with Gasteiger partial charge in [-0.3, -0.25) is 9.73 Å². The normalized spacial score (nSPS) is 11.3. The monoisotopic (exact) mass is 387 g/mol. The Labute approximate surface area is 157 Å². The van der Waals surface area contributed by atoms with Crippen LogP contribution in [0.15, 0.2) is 59.5 Å². The van der Waals surface area contributed by atoms with Gasteiger partial charge < -0.3 is 5.84 Å². The van der Waals surface area contributed by atoms with Crippen molar-refractivity contribution in [1.82, 2.24) is 14.9 Å². The van der Waals surface area contributed by atoms with Gasteiger partial charge in [0.05, 0.1) is 10.6 Å². The van der Waals surface area contributed by atoms with E-state index in [2.05, 4.69) is 15.6 Å². The Bertz CT molecular complexity index is 1000. The van der Waals surface area contributed by atoms with Crippen LogP contribution in [0.2, 0.25) is 0 Å². The Morgan fingerprint density at radius 3 is 2.33 bits per heavy atom. The summed E-state index contributed by atoms with van der Waals surface area (Å²) in [6, 6.07) is 15.6. The van der Waals surface area contributed by atoms with Crippen molar-refractivity contribution in [2.75, 3.05) is 22.1 Å². The molecule has 142 valence electrons. The van der Waals surface area contributed by atoms with Crippen molar-refractivity contribution in [3.05, 3.63) is 66.0 Å². The fourth-order valence-corrected chi connectivity index (χ4v) is 4.10. The van der Waals surface area contributed by atoms with Crippen LogP contribution in [0.4, 0.5) is 11.6 Å². The molecular weight excluding hydrogens is 366 g/mol. The van der Waals surface area contributed by atoms with E-state index >= 15 is 0 Å². The number of hydrazine groups is 1. The second-order valence-corrected chi connectivity index (χ2v) is 7.79.